The van der Waals surface area contributed by atoms with Crippen molar-refractivity contribution in [1.82, 2.24) is 10.2 Å². The molecule has 1 rings (SSSR count). The molecule has 4 heteroatoms. The summed E-state index contributed by atoms with van der Waals surface area (Å²) in [5.41, 5.74) is 1.13. The lowest BCUT2D eigenvalue weighted by Gasteiger charge is -2.29. The average Bonchev–Trinajstić information content (AvgIpc) is 2.35. The first kappa shape index (κ1) is 13.2. The number of morpholine rings is 1. The van der Waals surface area contributed by atoms with Gasteiger partial charge in [-0.1, -0.05) is 19.1 Å². The van der Waals surface area contributed by atoms with Gasteiger partial charge in [0.1, 0.15) is 0 Å². The Morgan fingerprint density at radius 2 is 2.12 bits per heavy atom. The van der Waals surface area contributed by atoms with Crippen LogP contribution in [-0.2, 0) is 9.53 Å². The predicted octanol–water partition coefficient (Wildman–Crippen LogP) is 0.790. The lowest BCUT2D eigenvalue weighted by molar-refractivity contribution is -0.137. The molecule has 1 aliphatic heterocycles. The zero-order valence-corrected chi connectivity index (χ0v) is 10.3. The molecule has 92 valence electrons. The van der Waals surface area contributed by atoms with E-state index in [4.69, 9.17) is 4.74 Å². The normalized spacial score (nSPS) is 18.2. The topological polar surface area (TPSA) is 41.6 Å². The van der Waals surface area contributed by atoms with E-state index in [0.717, 1.165) is 12.0 Å². The van der Waals surface area contributed by atoms with Crippen molar-refractivity contribution in [3.63, 3.8) is 0 Å². The maximum Gasteiger partial charge on any atom is 0.239 e. The van der Waals surface area contributed by atoms with Gasteiger partial charge in [0.25, 0.3) is 0 Å². The van der Waals surface area contributed by atoms with E-state index in [0.29, 0.717) is 32.8 Å². The summed E-state index contributed by atoms with van der Waals surface area (Å²) in [6.45, 7) is 11.3. The zero-order chi connectivity index (χ0) is 12.0. The minimum atomic E-state index is -0.138. The third kappa shape index (κ3) is 3.94. The van der Waals surface area contributed by atoms with E-state index in [1.54, 1.807) is 0 Å². The highest BCUT2D eigenvalue weighted by Gasteiger charge is 2.21. The van der Waals surface area contributed by atoms with Gasteiger partial charge in [-0.15, -0.1) is 0 Å². The molecule has 0 aromatic heterocycles. The van der Waals surface area contributed by atoms with E-state index >= 15 is 0 Å². The van der Waals surface area contributed by atoms with Gasteiger partial charge in [-0.05, 0) is 13.3 Å². The molecule has 0 aliphatic carbocycles. The number of ether oxygens (including phenoxy) is 1. The third-order valence-corrected chi connectivity index (χ3v) is 2.85. The van der Waals surface area contributed by atoms with Gasteiger partial charge in [-0.3, -0.25) is 4.79 Å². The monoisotopic (exact) mass is 226 g/mol. The van der Waals surface area contributed by atoms with Crippen molar-refractivity contribution in [2.45, 2.75) is 26.3 Å². The first-order chi connectivity index (χ1) is 7.65. The second kappa shape index (κ2) is 6.66. The summed E-state index contributed by atoms with van der Waals surface area (Å²) in [4.78, 5) is 13.8. The van der Waals surface area contributed by atoms with Crippen molar-refractivity contribution < 1.29 is 9.53 Å². The Morgan fingerprint density at radius 1 is 1.50 bits per heavy atom. The number of carbonyl (C=O) groups excluding carboxylic acids is 1. The van der Waals surface area contributed by atoms with E-state index in [2.05, 4.69) is 18.8 Å². The van der Waals surface area contributed by atoms with Crippen LogP contribution in [0.1, 0.15) is 20.3 Å². The molecule has 0 radical (unpaired) electrons. The van der Waals surface area contributed by atoms with Crippen LogP contribution >= 0.6 is 0 Å². The van der Waals surface area contributed by atoms with Crippen LogP contribution in [0.2, 0.25) is 0 Å². The van der Waals surface area contributed by atoms with Crippen LogP contribution in [0.5, 0.6) is 0 Å². The molecule has 4 nitrogen and oxygen atoms in total. The minimum absolute atomic E-state index is 0.138. The number of carbonyl (C=O) groups is 1. The van der Waals surface area contributed by atoms with Gasteiger partial charge in [-0.2, -0.15) is 0 Å². The first-order valence-corrected chi connectivity index (χ1v) is 5.91. The van der Waals surface area contributed by atoms with Crippen molar-refractivity contribution in [2.75, 3.05) is 32.8 Å². The molecule has 1 heterocycles. The molecule has 1 unspecified atom stereocenters. The van der Waals surface area contributed by atoms with Crippen molar-refractivity contribution in [2.24, 2.45) is 0 Å². The predicted molar refractivity (Wildman–Crippen MR) is 64.3 cm³/mol. The summed E-state index contributed by atoms with van der Waals surface area (Å²) >= 11 is 0. The number of rotatable bonds is 5. The molecule has 0 spiro atoms. The number of hydrogen-bond acceptors (Lipinski definition) is 3. The van der Waals surface area contributed by atoms with Crippen LogP contribution in [0.4, 0.5) is 0 Å². The maximum atomic E-state index is 12.0. The van der Waals surface area contributed by atoms with Gasteiger partial charge in [0.2, 0.25) is 5.91 Å². The first-order valence-electron chi connectivity index (χ1n) is 5.91. The summed E-state index contributed by atoms with van der Waals surface area (Å²) in [6.07, 6.45) is 0.950. The van der Waals surface area contributed by atoms with Crippen LogP contribution in [0.15, 0.2) is 12.2 Å². The second-order valence-corrected chi connectivity index (χ2v) is 4.14. The summed E-state index contributed by atoms with van der Waals surface area (Å²) < 4.78 is 5.22. The summed E-state index contributed by atoms with van der Waals surface area (Å²) in [6, 6.07) is -0.138. The fraction of sp³-hybridized carbons (Fsp3) is 0.750. The Bertz CT molecular complexity index is 247. The molecule has 1 atom stereocenters. The Morgan fingerprint density at radius 3 is 2.69 bits per heavy atom. The molecule has 0 aromatic carbocycles. The second-order valence-electron chi connectivity index (χ2n) is 4.14. The highest BCUT2D eigenvalue weighted by molar-refractivity contribution is 5.81. The third-order valence-electron chi connectivity index (χ3n) is 2.85. The van der Waals surface area contributed by atoms with Crippen molar-refractivity contribution in [1.29, 1.82) is 0 Å². The molecule has 0 aromatic rings. The van der Waals surface area contributed by atoms with Gasteiger partial charge in [0.15, 0.2) is 0 Å². The van der Waals surface area contributed by atoms with Gasteiger partial charge in [0.05, 0.1) is 19.3 Å². The zero-order valence-electron chi connectivity index (χ0n) is 10.3. The van der Waals surface area contributed by atoms with Crippen molar-refractivity contribution >= 4 is 5.91 Å². The summed E-state index contributed by atoms with van der Waals surface area (Å²) in [5, 5.41) is 3.20. The lowest BCUT2D eigenvalue weighted by Crippen LogP contribution is -2.49. The molecule has 1 saturated heterocycles. The minimum Gasteiger partial charge on any atom is -0.378 e. The van der Waals surface area contributed by atoms with E-state index in [1.807, 2.05) is 11.8 Å². The quantitative estimate of drug-likeness (QED) is 0.705. The molecule has 16 heavy (non-hydrogen) atoms. The Labute approximate surface area is 97.6 Å². The average molecular weight is 226 g/mol. The molecule has 1 N–H and O–H groups in total. The van der Waals surface area contributed by atoms with E-state index in [-0.39, 0.29) is 11.9 Å². The maximum absolute atomic E-state index is 12.0. The number of hydrogen-bond donors (Lipinski definition) is 1. The highest BCUT2D eigenvalue weighted by atomic mass is 16.5. The molecule has 1 aliphatic rings. The number of nitrogens with zero attached hydrogens (tertiary/aromatic N) is 1. The standard InChI is InChI=1S/C12H22N2O2/c1-4-10(2)9-13-11(3)12(15)14-5-7-16-8-6-14/h11,13H,2,4-9H2,1,3H3. The summed E-state index contributed by atoms with van der Waals surface area (Å²) in [7, 11) is 0. The Kier molecular flexibility index (Phi) is 5.49. The van der Waals surface area contributed by atoms with Crippen LogP contribution in [0.25, 0.3) is 0 Å². The molecular weight excluding hydrogens is 204 g/mol. The van der Waals surface area contributed by atoms with E-state index in [1.165, 1.54) is 0 Å². The van der Waals surface area contributed by atoms with E-state index < -0.39 is 0 Å². The van der Waals surface area contributed by atoms with E-state index in [9.17, 15) is 4.79 Å². The van der Waals surface area contributed by atoms with Gasteiger partial charge in [0, 0.05) is 19.6 Å². The van der Waals surface area contributed by atoms with Crippen molar-refractivity contribution in [3.8, 4) is 0 Å². The Hall–Kier alpha value is -0.870. The van der Waals surface area contributed by atoms with Crippen LogP contribution in [0, 0.1) is 0 Å². The fourth-order valence-corrected chi connectivity index (χ4v) is 1.57. The highest BCUT2D eigenvalue weighted by Crippen LogP contribution is 2.01. The van der Waals surface area contributed by atoms with Gasteiger partial charge in [-0.25, -0.2) is 0 Å². The van der Waals surface area contributed by atoms with Gasteiger partial charge >= 0.3 is 0 Å². The SMILES string of the molecule is C=C(CC)CNC(C)C(=O)N1CCOCC1. The molecular formula is C12H22N2O2. The molecule has 0 saturated carbocycles. The number of nitrogens with one attached hydrogen (secondary N) is 1. The molecule has 1 fully saturated rings. The van der Waals surface area contributed by atoms with Crippen LogP contribution < -0.4 is 5.32 Å². The Balaban J connectivity index is 2.31. The van der Waals surface area contributed by atoms with Crippen LogP contribution in [0.3, 0.4) is 0 Å². The summed E-state index contributed by atoms with van der Waals surface area (Å²) in [5.74, 6) is 0.159. The largest absolute Gasteiger partial charge is 0.378 e. The van der Waals surface area contributed by atoms with Crippen LogP contribution in [-0.4, -0.2) is 49.7 Å². The molecule has 0 bridgehead atoms. The fourth-order valence-electron chi connectivity index (χ4n) is 1.57. The van der Waals surface area contributed by atoms with Gasteiger partial charge < -0.3 is 15.0 Å². The molecule has 1 amide bonds. The number of amides is 1. The smallest absolute Gasteiger partial charge is 0.239 e. The van der Waals surface area contributed by atoms with Crippen molar-refractivity contribution in [3.05, 3.63) is 12.2 Å². The lowest BCUT2D eigenvalue weighted by atomic mass is 10.2.